The molecule has 0 heterocycles. The monoisotopic (exact) mass is 190 g/mol. The maximum atomic E-state index is 2.57. The van der Waals surface area contributed by atoms with Gasteiger partial charge in [0, 0.05) is 0 Å². The number of rotatable bonds is 4. The zero-order valence-corrected chi connectivity index (χ0v) is 11.1. The Morgan fingerprint density at radius 3 is 1.73 bits per heavy atom. The van der Waals surface area contributed by atoms with Crippen molar-refractivity contribution in [1.82, 2.24) is 9.13 Å². The average molecular weight is 190 g/mol. The lowest BCUT2D eigenvalue weighted by Crippen LogP contribution is -2.44. The summed E-state index contributed by atoms with van der Waals surface area (Å²) in [5.74, 6) is 0. The molecule has 68 valence electrons. The first kappa shape index (κ1) is 11.4. The molecule has 0 radical (unpaired) electrons. The van der Waals surface area contributed by atoms with Gasteiger partial charge in [0.25, 0.3) is 0 Å². The van der Waals surface area contributed by atoms with E-state index in [1.54, 1.807) is 0 Å². The standard InChI is InChI=1S/C7H22N2Si2/c1-8(2)11(6)7-9(3)10(4)5/h10-11H,7H2,1-6H3. The average Bonchev–Trinajstić information content (AvgIpc) is 1.87. The fourth-order valence-corrected chi connectivity index (χ4v) is 4.55. The molecule has 0 aliphatic rings. The highest BCUT2D eigenvalue weighted by atomic mass is 28.3. The minimum Gasteiger partial charge on any atom is -0.331 e. The van der Waals surface area contributed by atoms with Gasteiger partial charge in [-0.3, -0.25) is 0 Å². The van der Waals surface area contributed by atoms with Gasteiger partial charge in [0.1, 0.15) is 17.9 Å². The Hall–Kier alpha value is 0.354. The lowest BCUT2D eigenvalue weighted by Gasteiger charge is -2.26. The van der Waals surface area contributed by atoms with Gasteiger partial charge >= 0.3 is 0 Å². The minimum atomic E-state index is -0.595. The van der Waals surface area contributed by atoms with E-state index in [1.165, 1.54) is 6.17 Å². The van der Waals surface area contributed by atoms with Crippen molar-refractivity contribution in [1.29, 1.82) is 0 Å². The first-order valence-corrected chi connectivity index (χ1v) is 9.63. The molecule has 0 N–H and O–H groups in total. The molecule has 0 saturated carbocycles. The maximum Gasteiger partial charge on any atom is 0.121 e. The summed E-state index contributed by atoms with van der Waals surface area (Å²) in [5, 5.41) is 0. The molecule has 0 aromatic carbocycles. The van der Waals surface area contributed by atoms with Crippen molar-refractivity contribution in [3.05, 3.63) is 0 Å². The van der Waals surface area contributed by atoms with Gasteiger partial charge in [-0.15, -0.1) is 0 Å². The molecule has 0 amide bonds. The summed E-state index contributed by atoms with van der Waals surface area (Å²) in [6.45, 7) is 7.18. The molecule has 0 aliphatic heterocycles. The van der Waals surface area contributed by atoms with Crippen molar-refractivity contribution in [3.63, 3.8) is 0 Å². The smallest absolute Gasteiger partial charge is 0.121 e. The zero-order chi connectivity index (χ0) is 9.02. The first-order valence-electron chi connectivity index (χ1n) is 4.31. The number of hydrogen-bond donors (Lipinski definition) is 0. The Morgan fingerprint density at radius 1 is 1.00 bits per heavy atom. The minimum absolute atomic E-state index is 0.521. The van der Waals surface area contributed by atoms with Crippen LogP contribution in [0.25, 0.3) is 0 Å². The van der Waals surface area contributed by atoms with Crippen LogP contribution in [0.2, 0.25) is 19.6 Å². The second-order valence-corrected chi connectivity index (χ2v) is 10.0. The molecule has 0 bridgehead atoms. The second-order valence-electron chi connectivity index (χ2n) is 3.85. The van der Waals surface area contributed by atoms with Gasteiger partial charge in [-0.1, -0.05) is 19.6 Å². The summed E-state index contributed by atoms with van der Waals surface area (Å²) >= 11 is 0. The van der Waals surface area contributed by atoms with Gasteiger partial charge in [-0.2, -0.15) is 0 Å². The van der Waals surface area contributed by atoms with Crippen molar-refractivity contribution in [2.75, 3.05) is 27.3 Å². The molecule has 0 spiro atoms. The molecule has 1 atom stereocenters. The summed E-state index contributed by atoms with van der Waals surface area (Å²) in [6.07, 6.45) is 1.34. The van der Waals surface area contributed by atoms with Gasteiger partial charge in [0.2, 0.25) is 0 Å². The fourth-order valence-electron chi connectivity index (χ4n) is 0.791. The van der Waals surface area contributed by atoms with Gasteiger partial charge < -0.3 is 9.13 Å². The Morgan fingerprint density at radius 2 is 1.45 bits per heavy atom. The van der Waals surface area contributed by atoms with Crippen LogP contribution >= 0.6 is 0 Å². The highest BCUT2D eigenvalue weighted by Crippen LogP contribution is 1.94. The molecule has 0 aromatic rings. The Bertz CT molecular complexity index is 94.6. The van der Waals surface area contributed by atoms with E-state index in [1.807, 2.05) is 0 Å². The van der Waals surface area contributed by atoms with E-state index in [2.05, 4.69) is 49.9 Å². The van der Waals surface area contributed by atoms with Crippen LogP contribution in [0.4, 0.5) is 0 Å². The third kappa shape index (κ3) is 4.73. The molecule has 0 saturated heterocycles. The summed E-state index contributed by atoms with van der Waals surface area (Å²) in [5.41, 5.74) is 0. The lowest BCUT2D eigenvalue weighted by molar-refractivity contribution is 0.560. The molecule has 0 aliphatic carbocycles. The Balaban J connectivity index is 3.66. The molecule has 2 nitrogen and oxygen atoms in total. The maximum absolute atomic E-state index is 2.57. The van der Waals surface area contributed by atoms with Crippen molar-refractivity contribution in [2.24, 2.45) is 0 Å². The Labute approximate surface area is 74.6 Å². The van der Waals surface area contributed by atoms with Crippen LogP contribution < -0.4 is 0 Å². The predicted octanol–water partition coefficient (Wildman–Crippen LogP) is 0.356. The van der Waals surface area contributed by atoms with E-state index in [4.69, 9.17) is 0 Å². The van der Waals surface area contributed by atoms with E-state index in [0.717, 1.165) is 0 Å². The van der Waals surface area contributed by atoms with Gasteiger partial charge in [0.15, 0.2) is 0 Å². The number of hydrogen-bond acceptors (Lipinski definition) is 2. The van der Waals surface area contributed by atoms with Crippen LogP contribution in [0.1, 0.15) is 0 Å². The van der Waals surface area contributed by atoms with Crippen LogP contribution in [0.15, 0.2) is 0 Å². The van der Waals surface area contributed by atoms with E-state index < -0.39 is 17.9 Å². The van der Waals surface area contributed by atoms with Crippen LogP contribution in [0, 0.1) is 0 Å². The quantitative estimate of drug-likeness (QED) is 0.591. The van der Waals surface area contributed by atoms with Crippen LogP contribution in [0.5, 0.6) is 0 Å². The topological polar surface area (TPSA) is 6.48 Å². The summed E-state index contributed by atoms with van der Waals surface area (Å²) < 4.78 is 4.98. The first-order chi connectivity index (χ1) is 4.95. The highest BCUT2D eigenvalue weighted by molar-refractivity contribution is 6.58. The molecule has 0 rings (SSSR count). The summed E-state index contributed by atoms with van der Waals surface area (Å²) in [4.78, 5) is 0. The third-order valence-corrected chi connectivity index (χ3v) is 7.58. The van der Waals surface area contributed by atoms with Crippen molar-refractivity contribution >= 4 is 17.9 Å². The largest absolute Gasteiger partial charge is 0.331 e. The van der Waals surface area contributed by atoms with Gasteiger partial charge in [-0.05, 0) is 27.3 Å². The molecule has 11 heavy (non-hydrogen) atoms. The third-order valence-electron chi connectivity index (χ3n) is 2.32. The van der Waals surface area contributed by atoms with E-state index in [-0.39, 0.29) is 0 Å². The number of nitrogens with zero attached hydrogens (tertiary/aromatic N) is 2. The summed E-state index contributed by atoms with van der Waals surface area (Å²) in [6, 6.07) is 0. The Kier molecular flexibility index (Phi) is 5.24. The van der Waals surface area contributed by atoms with Crippen molar-refractivity contribution in [2.45, 2.75) is 19.6 Å². The van der Waals surface area contributed by atoms with Gasteiger partial charge in [0.05, 0.1) is 0 Å². The molecular formula is C7H22N2Si2. The van der Waals surface area contributed by atoms with E-state index in [0.29, 0.717) is 0 Å². The van der Waals surface area contributed by atoms with E-state index >= 15 is 0 Å². The zero-order valence-electron chi connectivity index (χ0n) is 8.76. The van der Waals surface area contributed by atoms with Crippen LogP contribution in [0.3, 0.4) is 0 Å². The van der Waals surface area contributed by atoms with Crippen LogP contribution in [-0.2, 0) is 0 Å². The van der Waals surface area contributed by atoms with Crippen molar-refractivity contribution < 1.29 is 0 Å². The predicted molar refractivity (Wildman–Crippen MR) is 58.2 cm³/mol. The lowest BCUT2D eigenvalue weighted by atomic mass is 11.2. The summed E-state index contributed by atoms with van der Waals surface area (Å²) in [7, 11) is 5.55. The van der Waals surface area contributed by atoms with Crippen LogP contribution in [-0.4, -0.2) is 54.4 Å². The second kappa shape index (κ2) is 5.08. The molecule has 0 aromatic heterocycles. The fraction of sp³-hybridized carbons (Fsp3) is 1.00. The highest BCUT2D eigenvalue weighted by Gasteiger charge is 2.12. The molecule has 0 fully saturated rings. The SMILES string of the molecule is CN(C[SiH](C)N(C)C)[SiH](C)C. The molecule has 1 unspecified atom stereocenters. The normalized spacial score (nSPS) is 15.0. The van der Waals surface area contributed by atoms with Crippen molar-refractivity contribution in [3.8, 4) is 0 Å². The van der Waals surface area contributed by atoms with E-state index in [9.17, 15) is 0 Å². The van der Waals surface area contributed by atoms with Gasteiger partial charge in [-0.25, -0.2) is 0 Å². The molecule has 4 heteroatoms. The molecular weight excluding hydrogens is 168 g/mol.